The Labute approximate surface area is 123 Å². The third-order valence-corrected chi connectivity index (χ3v) is 4.63. The lowest BCUT2D eigenvalue weighted by molar-refractivity contribution is -0.384. The molecule has 20 heavy (non-hydrogen) atoms. The molecule has 3 rings (SSSR count). The number of hydrogen-bond acceptors (Lipinski definition) is 4. The fourth-order valence-corrected chi connectivity index (χ4v) is 3.53. The Morgan fingerprint density at radius 2 is 2.20 bits per heavy atom. The zero-order chi connectivity index (χ0) is 14.1. The molecule has 0 bridgehead atoms. The second-order valence-corrected chi connectivity index (χ2v) is 5.75. The number of rotatable bonds is 3. The molecule has 2 fully saturated rings. The Kier molecular flexibility index (Phi) is 3.81. The van der Waals surface area contributed by atoms with E-state index in [9.17, 15) is 10.1 Å². The molecule has 0 radical (unpaired) electrons. The summed E-state index contributed by atoms with van der Waals surface area (Å²) in [6, 6.07) is 5.65. The molecule has 1 aromatic rings. The van der Waals surface area contributed by atoms with E-state index in [0.717, 1.165) is 30.9 Å². The first-order valence-electron chi connectivity index (χ1n) is 7.01. The summed E-state index contributed by atoms with van der Waals surface area (Å²) >= 11 is 5.98. The molecule has 0 spiro atoms. The third-order valence-electron chi connectivity index (χ3n) is 4.35. The van der Waals surface area contributed by atoms with Gasteiger partial charge in [0.15, 0.2) is 0 Å². The summed E-state index contributed by atoms with van der Waals surface area (Å²) in [6.45, 7) is 4.25. The van der Waals surface area contributed by atoms with Crippen LogP contribution in [-0.4, -0.2) is 42.0 Å². The number of nitro benzene ring substituents is 1. The number of hydrogen-bond donors (Lipinski definition) is 0. The number of fused-ring (bicyclic) bond motifs is 1. The first-order chi connectivity index (χ1) is 9.69. The highest BCUT2D eigenvalue weighted by Gasteiger charge is 2.31. The average molecular weight is 296 g/mol. The molecule has 1 atom stereocenters. The fraction of sp³-hybridized carbons (Fsp3) is 0.571. The molecule has 0 amide bonds. The summed E-state index contributed by atoms with van der Waals surface area (Å²) < 4.78 is 0. The van der Waals surface area contributed by atoms with Crippen molar-refractivity contribution in [2.24, 2.45) is 0 Å². The number of benzene rings is 1. The second kappa shape index (κ2) is 5.58. The number of anilines is 1. The number of nitrogens with zero attached hydrogens (tertiary/aromatic N) is 3. The van der Waals surface area contributed by atoms with Gasteiger partial charge in [0.1, 0.15) is 0 Å². The van der Waals surface area contributed by atoms with Crippen molar-refractivity contribution in [2.45, 2.75) is 24.8 Å². The van der Waals surface area contributed by atoms with Crippen LogP contribution in [0.15, 0.2) is 18.2 Å². The van der Waals surface area contributed by atoms with Crippen molar-refractivity contribution in [1.82, 2.24) is 4.90 Å². The molecule has 2 heterocycles. The summed E-state index contributed by atoms with van der Waals surface area (Å²) in [7, 11) is 0. The van der Waals surface area contributed by atoms with Crippen molar-refractivity contribution in [3.63, 3.8) is 0 Å². The van der Waals surface area contributed by atoms with Gasteiger partial charge >= 0.3 is 0 Å². The predicted octanol–water partition coefficient (Wildman–Crippen LogP) is 2.62. The van der Waals surface area contributed by atoms with Crippen LogP contribution >= 0.6 is 11.6 Å². The lowest BCUT2D eigenvalue weighted by Crippen LogP contribution is -2.50. The minimum atomic E-state index is -0.366. The Bertz CT molecular complexity index is 523. The number of alkyl halides is 1. The van der Waals surface area contributed by atoms with Crippen molar-refractivity contribution in [2.75, 3.05) is 31.1 Å². The fourth-order valence-electron chi connectivity index (χ4n) is 3.31. The van der Waals surface area contributed by atoms with Crippen molar-refractivity contribution >= 4 is 23.0 Å². The van der Waals surface area contributed by atoms with E-state index in [1.54, 1.807) is 12.1 Å². The minimum absolute atomic E-state index is 0.115. The van der Waals surface area contributed by atoms with Gasteiger partial charge in [0, 0.05) is 49.4 Å². The lowest BCUT2D eigenvalue weighted by atomic mass is 10.1. The molecule has 2 aliphatic rings. The molecule has 1 unspecified atom stereocenters. The zero-order valence-electron chi connectivity index (χ0n) is 11.3. The smallest absolute Gasteiger partial charge is 0.269 e. The standard InChI is InChI=1S/C14H18ClN3O2/c15-9-11-8-12(18(19)20)3-4-14(11)17-7-6-16-5-1-2-13(16)10-17/h3-4,8,13H,1-2,5-7,9-10H2. The molecule has 1 aromatic carbocycles. The van der Waals surface area contributed by atoms with E-state index in [2.05, 4.69) is 9.80 Å². The van der Waals surface area contributed by atoms with Crippen LogP contribution in [0.5, 0.6) is 0 Å². The summed E-state index contributed by atoms with van der Waals surface area (Å²) in [4.78, 5) is 15.4. The topological polar surface area (TPSA) is 49.6 Å². The van der Waals surface area contributed by atoms with Gasteiger partial charge in [0.25, 0.3) is 5.69 Å². The van der Waals surface area contributed by atoms with E-state index >= 15 is 0 Å². The molecular weight excluding hydrogens is 278 g/mol. The number of piperazine rings is 1. The van der Waals surface area contributed by atoms with Gasteiger partial charge in [-0.1, -0.05) is 0 Å². The average Bonchev–Trinajstić information content (AvgIpc) is 2.93. The highest BCUT2D eigenvalue weighted by molar-refractivity contribution is 6.17. The van der Waals surface area contributed by atoms with Crippen LogP contribution in [-0.2, 0) is 5.88 Å². The molecule has 2 aliphatic heterocycles. The predicted molar refractivity (Wildman–Crippen MR) is 79.5 cm³/mol. The van der Waals surface area contributed by atoms with E-state index in [1.807, 2.05) is 6.07 Å². The van der Waals surface area contributed by atoms with Crippen LogP contribution in [0.4, 0.5) is 11.4 Å². The minimum Gasteiger partial charge on any atom is -0.368 e. The molecule has 6 heteroatoms. The van der Waals surface area contributed by atoms with Crippen molar-refractivity contribution in [1.29, 1.82) is 0 Å². The van der Waals surface area contributed by atoms with E-state index < -0.39 is 0 Å². The normalized spacial score (nSPS) is 22.9. The van der Waals surface area contributed by atoms with Gasteiger partial charge in [-0.3, -0.25) is 15.0 Å². The van der Waals surface area contributed by atoms with Gasteiger partial charge in [0.05, 0.1) is 4.92 Å². The summed E-state index contributed by atoms with van der Waals surface area (Å²) in [5.74, 6) is 0.307. The first kappa shape index (κ1) is 13.6. The first-order valence-corrected chi connectivity index (χ1v) is 7.55. The molecule has 0 aromatic heterocycles. The quantitative estimate of drug-likeness (QED) is 0.489. The van der Waals surface area contributed by atoms with E-state index in [-0.39, 0.29) is 10.6 Å². The van der Waals surface area contributed by atoms with Crippen LogP contribution in [0.3, 0.4) is 0 Å². The molecule has 0 saturated carbocycles. The van der Waals surface area contributed by atoms with Gasteiger partial charge in [-0.25, -0.2) is 0 Å². The molecule has 5 nitrogen and oxygen atoms in total. The van der Waals surface area contributed by atoms with Crippen molar-refractivity contribution in [3.05, 3.63) is 33.9 Å². The van der Waals surface area contributed by atoms with Crippen LogP contribution in [0.1, 0.15) is 18.4 Å². The highest BCUT2D eigenvalue weighted by Crippen LogP contribution is 2.30. The number of non-ortho nitro benzene ring substituents is 1. The van der Waals surface area contributed by atoms with E-state index in [1.165, 1.54) is 19.4 Å². The molecule has 2 saturated heterocycles. The van der Waals surface area contributed by atoms with Gasteiger partial charge in [-0.05, 0) is 31.0 Å². The van der Waals surface area contributed by atoms with Gasteiger partial charge in [0.2, 0.25) is 0 Å². The maximum Gasteiger partial charge on any atom is 0.269 e. The maximum absolute atomic E-state index is 10.8. The van der Waals surface area contributed by atoms with E-state index in [0.29, 0.717) is 11.9 Å². The highest BCUT2D eigenvalue weighted by atomic mass is 35.5. The molecule has 108 valence electrons. The van der Waals surface area contributed by atoms with Gasteiger partial charge < -0.3 is 4.90 Å². The largest absolute Gasteiger partial charge is 0.368 e. The van der Waals surface area contributed by atoms with Gasteiger partial charge in [-0.15, -0.1) is 11.6 Å². The van der Waals surface area contributed by atoms with Crippen molar-refractivity contribution < 1.29 is 4.92 Å². The third kappa shape index (κ3) is 2.47. The second-order valence-electron chi connectivity index (χ2n) is 5.48. The molecular formula is C14H18ClN3O2. The Morgan fingerprint density at radius 1 is 1.35 bits per heavy atom. The van der Waals surface area contributed by atoms with Crippen LogP contribution in [0.25, 0.3) is 0 Å². The summed E-state index contributed by atoms with van der Waals surface area (Å²) in [5, 5.41) is 10.8. The Morgan fingerprint density at radius 3 is 2.95 bits per heavy atom. The zero-order valence-corrected chi connectivity index (χ0v) is 12.1. The maximum atomic E-state index is 10.8. The molecule has 0 N–H and O–H groups in total. The monoisotopic (exact) mass is 295 g/mol. The Balaban J connectivity index is 1.84. The number of nitro groups is 1. The van der Waals surface area contributed by atoms with E-state index in [4.69, 9.17) is 11.6 Å². The number of halogens is 1. The van der Waals surface area contributed by atoms with Crippen LogP contribution in [0.2, 0.25) is 0 Å². The van der Waals surface area contributed by atoms with Gasteiger partial charge in [-0.2, -0.15) is 0 Å². The summed E-state index contributed by atoms with van der Waals surface area (Å²) in [5.41, 5.74) is 2.02. The van der Waals surface area contributed by atoms with Crippen LogP contribution in [0, 0.1) is 10.1 Å². The van der Waals surface area contributed by atoms with Crippen molar-refractivity contribution in [3.8, 4) is 0 Å². The Hall–Kier alpha value is -1.33. The van der Waals surface area contributed by atoms with Crippen LogP contribution < -0.4 is 4.90 Å². The SMILES string of the molecule is O=[N+]([O-])c1ccc(N2CCN3CCCC3C2)c(CCl)c1. The molecule has 0 aliphatic carbocycles. The summed E-state index contributed by atoms with van der Waals surface area (Å²) in [6.07, 6.45) is 2.53. The lowest BCUT2D eigenvalue weighted by Gasteiger charge is -2.39.